The van der Waals surface area contributed by atoms with Crippen LogP contribution in [0, 0.1) is 17.5 Å². The summed E-state index contributed by atoms with van der Waals surface area (Å²) in [5.41, 5.74) is -0.0819. The van der Waals surface area contributed by atoms with Crippen LogP contribution in [-0.4, -0.2) is 6.54 Å². The van der Waals surface area contributed by atoms with E-state index in [-0.39, 0.29) is 17.4 Å². The molecule has 0 saturated heterocycles. The second-order valence-corrected chi connectivity index (χ2v) is 4.47. The standard InChI is InChI=1S/C15H16F3NO/c1-3-13(19-4-2)15-6-5-14(20-15)9-7-11(17)12(18)8-10(9)16/h5-8,13,19H,3-4H2,1-2H3. The molecule has 2 nitrogen and oxygen atoms in total. The zero-order valence-electron chi connectivity index (χ0n) is 11.3. The van der Waals surface area contributed by atoms with Crippen LogP contribution in [0.3, 0.4) is 0 Å². The lowest BCUT2D eigenvalue weighted by atomic mass is 10.1. The highest BCUT2D eigenvalue weighted by molar-refractivity contribution is 5.58. The van der Waals surface area contributed by atoms with Gasteiger partial charge in [0.25, 0.3) is 0 Å². The van der Waals surface area contributed by atoms with Crippen molar-refractivity contribution in [2.75, 3.05) is 6.54 Å². The molecule has 0 fully saturated rings. The molecule has 0 radical (unpaired) electrons. The van der Waals surface area contributed by atoms with Gasteiger partial charge in [-0.05, 0) is 31.2 Å². The van der Waals surface area contributed by atoms with E-state index in [2.05, 4.69) is 5.32 Å². The van der Waals surface area contributed by atoms with E-state index < -0.39 is 17.5 Å². The highest BCUT2D eigenvalue weighted by Gasteiger charge is 2.17. The molecule has 0 bridgehead atoms. The number of benzene rings is 1. The summed E-state index contributed by atoms with van der Waals surface area (Å²) in [5, 5.41) is 3.23. The Bertz CT molecular complexity index is 595. The lowest BCUT2D eigenvalue weighted by Gasteiger charge is -2.12. The molecule has 2 aromatic rings. The Kier molecular flexibility index (Phi) is 4.49. The Morgan fingerprint density at radius 1 is 1.05 bits per heavy atom. The van der Waals surface area contributed by atoms with Crippen LogP contribution in [0.15, 0.2) is 28.7 Å². The molecular weight excluding hydrogens is 267 g/mol. The summed E-state index contributed by atoms with van der Waals surface area (Å²) in [7, 11) is 0. The Hall–Kier alpha value is -1.75. The van der Waals surface area contributed by atoms with Gasteiger partial charge in [-0.25, -0.2) is 13.2 Å². The van der Waals surface area contributed by atoms with Crippen molar-refractivity contribution in [3.63, 3.8) is 0 Å². The first-order chi connectivity index (χ1) is 9.56. The van der Waals surface area contributed by atoms with Gasteiger partial charge in [0, 0.05) is 6.07 Å². The maximum Gasteiger partial charge on any atom is 0.161 e. The molecule has 5 heteroatoms. The van der Waals surface area contributed by atoms with E-state index in [0.29, 0.717) is 11.8 Å². The van der Waals surface area contributed by atoms with E-state index in [9.17, 15) is 13.2 Å². The summed E-state index contributed by atoms with van der Waals surface area (Å²) in [4.78, 5) is 0. The Labute approximate surface area is 115 Å². The minimum Gasteiger partial charge on any atom is -0.459 e. The van der Waals surface area contributed by atoms with Crippen LogP contribution in [0.1, 0.15) is 32.1 Å². The normalized spacial score (nSPS) is 12.7. The van der Waals surface area contributed by atoms with E-state index in [1.165, 1.54) is 0 Å². The molecule has 108 valence electrons. The van der Waals surface area contributed by atoms with Gasteiger partial charge in [0.1, 0.15) is 17.3 Å². The monoisotopic (exact) mass is 283 g/mol. The SMILES string of the molecule is CCNC(CC)c1ccc(-c2cc(F)c(F)cc2F)o1. The quantitative estimate of drug-likeness (QED) is 0.821. The van der Waals surface area contributed by atoms with Crippen LogP contribution in [0.4, 0.5) is 13.2 Å². The zero-order valence-corrected chi connectivity index (χ0v) is 11.3. The van der Waals surface area contributed by atoms with Crippen molar-refractivity contribution in [3.05, 3.63) is 47.5 Å². The first-order valence-corrected chi connectivity index (χ1v) is 6.54. The maximum absolute atomic E-state index is 13.7. The van der Waals surface area contributed by atoms with E-state index in [1.54, 1.807) is 12.1 Å². The topological polar surface area (TPSA) is 25.2 Å². The molecule has 1 aromatic carbocycles. The average Bonchev–Trinajstić information content (AvgIpc) is 2.89. The highest BCUT2D eigenvalue weighted by Crippen LogP contribution is 2.29. The third-order valence-electron chi connectivity index (χ3n) is 3.10. The summed E-state index contributed by atoms with van der Waals surface area (Å²) in [5.74, 6) is -2.32. The van der Waals surface area contributed by atoms with Crippen LogP contribution < -0.4 is 5.32 Å². The largest absolute Gasteiger partial charge is 0.459 e. The van der Waals surface area contributed by atoms with Crippen LogP contribution in [-0.2, 0) is 0 Å². The summed E-state index contributed by atoms with van der Waals surface area (Å²) < 4.78 is 45.3. The fraction of sp³-hybridized carbons (Fsp3) is 0.333. The number of hydrogen-bond acceptors (Lipinski definition) is 2. The number of hydrogen-bond donors (Lipinski definition) is 1. The van der Waals surface area contributed by atoms with Gasteiger partial charge in [0.15, 0.2) is 11.6 Å². The van der Waals surface area contributed by atoms with Crippen LogP contribution in [0.5, 0.6) is 0 Å². The molecule has 0 aliphatic carbocycles. The van der Waals surface area contributed by atoms with E-state index >= 15 is 0 Å². The minimum absolute atomic E-state index is 0.0158. The Morgan fingerprint density at radius 3 is 2.40 bits per heavy atom. The first kappa shape index (κ1) is 14.7. The molecule has 2 rings (SSSR count). The molecule has 0 spiro atoms. The van der Waals surface area contributed by atoms with Gasteiger partial charge >= 0.3 is 0 Å². The fourth-order valence-electron chi connectivity index (χ4n) is 2.09. The second-order valence-electron chi connectivity index (χ2n) is 4.47. The third-order valence-corrected chi connectivity index (χ3v) is 3.10. The fourth-order valence-corrected chi connectivity index (χ4v) is 2.09. The van der Waals surface area contributed by atoms with E-state index in [4.69, 9.17) is 4.42 Å². The predicted molar refractivity (Wildman–Crippen MR) is 70.7 cm³/mol. The van der Waals surface area contributed by atoms with Gasteiger partial charge in [-0.2, -0.15) is 0 Å². The van der Waals surface area contributed by atoms with Crippen molar-refractivity contribution < 1.29 is 17.6 Å². The zero-order chi connectivity index (χ0) is 14.7. The van der Waals surface area contributed by atoms with E-state index in [0.717, 1.165) is 19.0 Å². The van der Waals surface area contributed by atoms with Gasteiger partial charge in [-0.1, -0.05) is 13.8 Å². The van der Waals surface area contributed by atoms with Crippen molar-refractivity contribution >= 4 is 0 Å². The lowest BCUT2D eigenvalue weighted by molar-refractivity contribution is 0.415. The molecule has 20 heavy (non-hydrogen) atoms. The number of nitrogens with one attached hydrogen (secondary N) is 1. The van der Waals surface area contributed by atoms with Gasteiger partial charge in [-0.15, -0.1) is 0 Å². The number of rotatable bonds is 5. The summed E-state index contributed by atoms with van der Waals surface area (Å²) in [6, 6.07) is 4.62. The van der Waals surface area contributed by atoms with Gasteiger partial charge in [-0.3, -0.25) is 0 Å². The molecule has 1 atom stereocenters. The molecule has 0 saturated carbocycles. The Balaban J connectivity index is 2.35. The van der Waals surface area contributed by atoms with Crippen molar-refractivity contribution in [1.82, 2.24) is 5.32 Å². The summed E-state index contributed by atoms with van der Waals surface area (Å²) in [6.45, 7) is 4.74. The Morgan fingerprint density at radius 2 is 1.75 bits per heavy atom. The summed E-state index contributed by atoms with van der Waals surface area (Å²) >= 11 is 0. The van der Waals surface area contributed by atoms with Gasteiger partial charge in [0.05, 0.1) is 11.6 Å². The molecule has 1 N–H and O–H groups in total. The summed E-state index contributed by atoms with van der Waals surface area (Å²) in [6.07, 6.45) is 0.807. The lowest BCUT2D eigenvalue weighted by Crippen LogP contribution is -2.19. The molecular formula is C15H16F3NO. The van der Waals surface area contributed by atoms with Crippen LogP contribution in [0.2, 0.25) is 0 Å². The van der Waals surface area contributed by atoms with Crippen molar-refractivity contribution in [3.8, 4) is 11.3 Å². The van der Waals surface area contributed by atoms with Crippen molar-refractivity contribution in [2.24, 2.45) is 0 Å². The molecule has 1 heterocycles. The minimum atomic E-state index is -1.21. The molecule has 0 aliphatic heterocycles. The van der Waals surface area contributed by atoms with Crippen molar-refractivity contribution in [2.45, 2.75) is 26.3 Å². The third kappa shape index (κ3) is 2.88. The smallest absolute Gasteiger partial charge is 0.161 e. The van der Waals surface area contributed by atoms with Gasteiger partial charge < -0.3 is 9.73 Å². The second kappa shape index (κ2) is 6.13. The highest BCUT2D eigenvalue weighted by atomic mass is 19.2. The predicted octanol–water partition coefficient (Wildman–Crippen LogP) is 4.42. The van der Waals surface area contributed by atoms with Crippen LogP contribution >= 0.6 is 0 Å². The number of halogens is 3. The van der Waals surface area contributed by atoms with Crippen molar-refractivity contribution in [1.29, 1.82) is 0 Å². The van der Waals surface area contributed by atoms with E-state index in [1.807, 2.05) is 13.8 Å². The van der Waals surface area contributed by atoms with Gasteiger partial charge in [0.2, 0.25) is 0 Å². The first-order valence-electron chi connectivity index (χ1n) is 6.54. The molecule has 1 aromatic heterocycles. The average molecular weight is 283 g/mol. The molecule has 0 amide bonds. The number of furan rings is 1. The van der Waals surface area contributed by atoms with Crippen LogP contribution in [0.25, 0.3) is 11.3 Å². The molecule has 0 aliphatic rings. The molecule has 1 unspecified atom stereocenters. The maximum atomic E-state index is 13.7.